The van der Waals surface area contributed by atoms with E-state index in [0.29, 0.717) is 37.9 Å². The largest absolute Gasteiger partial charge is 0.370 e. The monoisotopic (exact) mass is 482 g/mol. The highest BCUT2D eigenvalue weighted by molar-refractivity contribution is 14.0. The number of nitrogens with two attached hydrogens (primary N) is 1. The molecule has 1 atom stereocenters. The van der Waals surface area contributed by atoms with Crippen molar-refractivity contribution in [2.45, 2.75) is 39.5 Å². The van der Waals surface area contributed by atoms with Crippen LogP contribution in [0.4, 0.5) is 5.69 Å². The van der Waals surface area contributed by atoms with E-state index in [1.807, 2.05) is 19.1 Å². The van der Waals surface area contributed by atoms with Crippen molar-refractivity contribution in [1.82, 2.24) is 4.31 Å². The van der Waals surface area contributed by atoms with E-state index >= 15 is 0 Å². The van der Waals surface area contributed by atoms with Crippen LogP contribution in [0.2, 0.25) is 0 Å². The Hall–Kier alpha value is -0.870. The second-order valence-electron chi connectivity index (χ2n) is 5.93. The highest BCUT2D eigenvalue weighted by Crippen LogP contribution is 2.20. The summed E-state index contributed by atoms with van der Waals surface area (Å²) in [5, 5.41) is 3.05. The summed E-state index contributed by atoms with van der Waals surface area (Å²) < 4.78 is 24.4. The van der Waals surface area contributed by atoms with Gasteiger partial charge in [0.2, 0.25) is 10.0 Å². The van der Waals surface area contributed by atoms with E-state index in [1.165, 1.54) is 16.1 Å². The molecule has 0 saturated heterocycles. The number of benzene rings is 1. The third-order valence-electron chi connectivity index (χ3n) is 4.03. The van der Waals surface area contributed by atoms with Crippen LogP contribution in [0.25, 0.3) is 0 Å². The second kappa shape index (κ2) is 11.7. The zero-order valence-corrected chi connectivity index (χ0v) is 18.7. The highest BCUT2D eigenvalue weighted by atomic mass is 127. The molecule has 1 aromatic rings. The summed E-state index contributed by atoms with van der Waals surface area (Å²) in [4.78, 5) is 4.24. The standard InChI is InChI=1S/C17H30N4O2S.HI/c1-5-14(3)15-8-10-16(11-9-15)20-17(18)19-12-7-13-21(6-2)24(4,22)23;/h8-11,14H,5-7,12-13H2,1-4H3,(H3,18,19,20);1H. The lowest BCUT2D eigenvalue weighted by atomic mass is 9.99. The number of hydrogen-bond acceptors (Lipinski definition) is 3. The molecule has 144 valence electrons. The van der Waals surface area contributed by atoms with E-state index in [4.69, 9.17) is 5.73 Å². The molecule has 3 N–H and O–H groups in total. The van der Waals surface area contributed by atoms with Crippen molar-refractivity contribution in [3.8, 4) is 0 Å². The average Bonchev–Trinajstić information content (AvgIpc) is 2.53. The van der Waals surface area contributed by atoms with Crippen LogP contribution < -0.4 is 11.1 Å². The van der Waals surface area contributed by atoms with Crippen molar-refractivity contribution >= 4 is 45.6 Å². The Morgan fingerprint density at radius 1 is 1.28 bits per heavy atom. The molecular formula is C17H31IN4O2S. The first kappa shape index (κ1) is 24.1. The third-order valence-corrected chi connectivity index (χ3v) is 5.41. The van der Waals surface area contributed by atoms with Gasteiger partial charge in [0.1, 0.15) is 0 Å². The van der Waals surface area contributed by atoms with Gasteiger partial charge in [-0.1, -0.05) is 32.9 Å². The molecule has 0 fully saturated rings. The minimum Gasteiger partial charge on any atom is -0.370 e. The van der Waals surface area contributed by atoms with Gasteiger partial charge in [0.15, 0.2) is 5.96 Å². The number of halogens is 1. The van der Waals surface area contributed by atoms with E-state index in [1.54, 1.807) is 0 Å². The second-order valence-corrected chi connectivity index (χ2v) is 7.91. The SMILES string of the molecule is CCC(C)c1ccc(NC(N)=NCCCN(CC)S(C)(=O)=O)cc1.I. The van der Waals surface area contributed by atoms with E-state index in [2.05, 4.69) is 36.3 Å². The first-order valence-electron chi connectivity index (χ1n) is 8.39. The summed E-state index contributed by atoms with van der Waals surface area (Å²) in [7, 11) is -3.14. The predicted octanol–water partition coefficient (Wildman–Crippen LogP) is 3.22. The zero-order chi connectivity index (χ0) is 18.2. The Kier molecular flexibility index (Phi) is 11.3. The number of aliphatic imine (C=N–C) groups is 1. The lowest BCUT2D eigenvalue weighted by molar-refractivity contribution is 0.427. The van der Waals surface area contributed by atoms with Crippen molar-refractivity contribution in [3.63, 3.8) is 0 Å². The van der Waals surface area contributed by atoms with Gasteiger partial charge >= 0.3 is 0 Å². The third kappa shape index (κ3) is 8.87. The maximum Gasteiger partial charge on any atom is 0.211 e. The number of nitrogens with one attached hydrogen (secondary N) is 1. The highest BCUT2D eigenvalue weighted by Gasteiger charge is 2.12. The van der Waals surface area contributed by atoms with Crippen molar-refractivity contribution in [2.24, 2.45) is 10.7 Å². The van der Waals surface area contributed by atoms with Crippen LogP contribution in [0.5, 0.6) is 0 Å². The molecule has 0 aromatic heterocycles. The Bertz CT molecular complexity index is 633. The Morgan fingerprint density at radius 3 is 2.36 bits per heavy atom. The summed E-state index contributed by atoms with van der Waals surface area (Å²) in [6.07, 6.45) is 2.97. The van der Waals surface area contributed by atoms with Crippen LogP contribution in [0.1, 0.15) is 45.1 Å². The smallest absolute Gasteiger partial charge is 0.211 e. The van der Waals surface area contributed by atoms with Gasteiger partial charge in [0.25, 0.3) is 0 Å². The summed E-state index contributed by atoms with van der Waals surface area (Å²) >= 11 is 0. The van der Waals surface area contributed by atoms with Crippen LogP contribution >= 0.6 is 24.0 Å². The molecule has 0 radical (unpaired) electrons. The minimum atomic E-state index is -3.14. The summed E-state index contributed by atoms with van der Waals surface area (Å²) in [5.41, 5.74) is 8.07. The molecule has 25 heavy (non-hydrogen) atoms. The minimum absolute atomic E-state index is 0. The molecule has 0 spiro atoms. The molecule has 0 heterocycles. The summed E-state index contributed by atoms with van der Waals surface area (Å²) in [6.45, 7) is 7.60. The van der Waals surface area contributed by atoms with Crippen molar-refractivity contribution in [2.75, 3.05) is 31.2 Å². The van der Waals surface area contributed by atoms with Crippen LogP contribution in [0, 0.1) is 0 Å². The van der Waals surface area contributed by atoms with Crippen LogP contribution in [0.15, 0.2) is 29.3 Å². The quantitative estimate of drug-likeness (QED) is 0.245. The molecule has 0 aliphatic heterocycles. The molecule has 0 bridgehead atoms. The number of hydrogen-bond donors (Lipinski definition) is 2. The van der Waals surface area contributed by atoms with Crippen molar-refractivity contribution in [3.05, 3.63) is 29.8 Å². The molecular weight excluding hydrogens is 451 g/mol. The first-order chi connectivity index (χ1) is 11.3. The lowest BCUT2D eigenvalue weighted by Crippen LogP contribution is -2.31. The molecule has 8 heteroatoms. The topological polar surface area (TPSA) is 87.8 Å². The predicted molar refractivity (Wildman–Crippen MR) is 117 cm³/mol. The van der Waals surface area contributed by atoms with Gasteiger partial charge in [-0.15, -0.1) is 24.0 Å². The zero-order valence-electron chi connectivity index (χ0n) is 15.5. The molecule has 1 unspecified atom stereocenters. The van der Waals surface area contributed by atoms with Gasteiger partial charge in [-0.3, -0.25) is 4.99 Å². The fourth-order valence-corrected chi connectivity index (χ4v) is 3.25. The fourth-order valence-electron chi connectivity index (χ4n) is 2.32. The summed E-state index contributed by atoms with van der Waals surface area (Å²) in [5.74, 6) is 0.884. The van der Waals surface area contributed by atoms with Crippen LogP contribution in [-0.4, -0.2) is 44.6 Å². The maximum absolute atomic E-state index is 11.5. The molecule has 0 aliphatic rings. The van der Waals surface area contributed by atoms with Gasteiger partial charge < -0.3 is 11.1 Å². The number of sulfonamides is 1. The number of nitrogens with zero attached hydrogens (tertiary/aromatic N) is 2. The Balaban J connectivity index is 0.00000576. The molecule has 6 nitrogen and oxygen atoms in total. The average molecular weight is 482 g/mol. The Labute approximate surface area is 169 Å². The first-order valence-corrected chi connectivity index (χ1v) is 10.2. The lowest BCUT2D eigenvalue weighted by Gasteiger charge is -2.16. The van der Waals surface area contributed by atoms with E-state index in [0.717, 1.165) is 12.1 Å². The maximum atomic E-state index is 11.5. The van der Waals surface area contributed by atoms with Crippen LogP contribution in [-0.2, 0) is 10.0 Å². The van der Waals surface area contributed by atoms with E-state index in [-0.39, 0.29) is 24.0 Å². The molecule has 1 rings (SSSR count). The molecule has 0 aliphatic carbocycles. The van der Waals surface area contributed by atoms with Crippen molar-refractivity contribution in [1.29, 1.82) is 0 Å². The number of rotatable bonds is 9. The Morgan fingerprint density at radius 2 is 1.88 bits per heavy atom. The van der Waals surface area contributed by atoms with Gasteiger partial charge in [-0.2, -0.15) is 0 Å². The summed E-state index contributed by atoms with van der Waals surface area (Å²) in [6, 6.07) is 8.17. The van der Waals surface area contributed by atoms with E-state index < -0.39 is 10.0 Å². The van der Waals surface area contributed by atoms with Crippen molar-refractivity contribution < 1.29 is 8.42 Å². The van der Waals surface area contributed by atoms with E-state index in [9.17, 15) is 8.42 Å². The number of anilines is 1. The van der Waals surface area contributed by atoms with Gasteiger partial charge in [-0.05, 0) is 36.5 Å². The van der Waals surface area contributed by atoms with Gasteiger partial charge in [0.05, 0.1) is 6.26 Å². The van der Waals surface area contributed by atoms with Gasteiger partial charge in [-0.25, -0.2) is 12.7 Å². The van der Waals surface area contributed by atoms with Gasteiger partial charge in [0, 0.05) is 25.3 Å². The fraction of sp³-hybridized carbons (Fsp3) is 0.588. The molecule has 0 amide bonds. The molecule has 0 saturated carbocycles. The normalized spacial score (nSPS) is 13.4. The number of guanidine groups is 1. The van der Waals surface area contributed by atoms with Crippen LogP contribution in [0.3, 0.4) is 0 Å². The molecule has 1 aromatic carbocycles.